The molecule has 8 nitrogen and oxygen atoms in total. The van der Waals surface area contributed by atoms with Crippen molar-refractivity contribution in [3.63, 3.8) is 0 Å². The van der Waals surface area contributed by atoms with E-state index in [1.807, 2.05) is 22.6 Å². The Bertz CT molecular complexity index is 1110. The second-order valence-corrected chi connectivity index (χ2v) is 11.1. The number of hydrogen-bond acceptors (Lipinski definition) is 7. The van der Waals surface area contributed by atoms with Crippen molar-refractivity contribution in [1.29, 1.82) is 0 Å². The van der Waals surface area contributed by atoms with E-state index in [4.69, 9.17) is 9.47 Å². The minimum Gasteiger partial charge on any atom is -0.497 e. The van der Waals surface area contributed by atoms with E-state index in [9.17, 15) is 23.0 Å². The van der Waals surface area contributed by atoms with Crippen LogP contribution in [-0.4, -0.2) is 49.3 Å². The van der Waals surface area contributed by atoms with Crippen LogP contribution in [0, 0.1) is 9.39 Å². The molecule has 4 rings (SSSR count). The minimum atomic E-state index is -3.95. The lowest BCUT2D eigenvalue weighted by atomic mass is 10.1. The fourth-order valence-electron chi connectivity index (χ4n) is 3.53. The molecule has 0 radical (unpaired) electrons. The van der Waals surface area contributed by atoms with E-state index in [1.165, 1.54) is 25.3 Å². The fraction of sp³-hybridized carbons (Fsp3) is 0.400. The summed E-state index contributed by atoms with van der Waals surface area (Å²) in [4.78, 5) is 0. The third-order valence-corrected chi connectivity index (χ3v) is 8.42. The molecule has 31 heavy (non-hydrogen) atoms. The lowest BCUT2D eigenvalue weighted by molar-refractivity contribution is -0.0129. The maximum absolute atomic E-state index is 14.5. The lowest BCUT2D eigenvalue weighted by Gasteiger charge is -2.28. The van der Waals surface area contributed by atoms with Gasteiger partial charge >= 0.3 is 0 Å². The molecular weight excluding hydrogens is 542 g/mol. The molecule has 1 saturated carbocycles. The smallest absolute Gasteiger partial charge is 0.238 e. The molecule has 11 heteroatoms. The number of hydrogen-bond donors (Lipinski definition) is 4. The fourth-order valence-corrected chi connectivity index (χ4v) is 5.71. The van der Waals surface area contributed by atoms with Crippen LogP contribution in [0.1, 0.15) is 19.3 Å². The molecule has 1 fully saturated rings. The average Bonchev–Trinajstić information content (AvgIpc) is 3.50. The van der Waals surface area contributed by atoms with Crippen molar-refractivity contribution < 1.29 is 32.5 Å². The van der Waals surface area contributed by atoms with Crippen LogP contribution in [0.2, 0.25) is 0 Å². The van der Waals surface area contributed by atoms with Gasteiger partial charge in [-0.3, -0.25) is 4.72 Å². The third-order valence-electron chi connectivity index (χ3n) is 5.56. The van der Waals surface area contributed by atoms with Crippen molar-refractivity contribution in [3.05, 3.63) is 39.7 Å². The van der Waals surface area contributed by atoms with Gasteiger partial charge in [0.05, 0.1) is 29.3 Å². The summed E-state index contributed by atoms with van der Waals surface area (Å²) in [5.74, 6) is -0.0933. The summed E-state index contributed by atoms with van der Waals surface area (Å²) in [6.07, 6.45) is -1.88. The zero-order valence-electron chi connectivity index (χ0n) is 16.6. The first kappa shape index (κ1) is 22.4. The summed E-state index contributed by atoms with van der Waals surface area (Å²) in [6, 6.07) is 7.59. The second kappa shape index (κ2) is 8.26. The van der Waals surface area contributed by atoms with Gasteiger partial charge in [-0.15, -0.1) is 0 Å². The zero-order valence-corrected chi connectivity index (χ0v) is 19.5. The van der Waals surface area contributed by atoms with Gasteiger partial charge < -0.3 is 25.0 Å². The SMILES string of the molecule is COc1cc(Nc2ccc(I)cc2F)c2c(c1)OCC(O)C(O)CC1(CC1)S(=O)(=O)N2. The first-order chi connectivity index (χ1) is 14.6. The largest absolute Gasteiger partial charge is 0.497 e. The third kappa shape index (κ3) is 4.41. The minimum absolute atomic E-state index is 0.0774. The van der Waals surface area contributed by atoms with Crippen molar-refractivity contribution >= 4 is 49.7 Å². The van der Waals surface area contributed by atoms with E-state index < -0.39 is 32.8 Å². The summed E-state index contributed by atoms with van der Waals surface area (Å²) in [7, 11) is -2.52. The molecule has 0 aromatic heterocycles. The molecule has 0 bridgehead atoms. The molecule has 2 aromatic rings. The van der Waals surface area contributed by atoms with Crippen LogP contribution in [0.3, 0.4) is 0 Å². The Morgan fingerprint density at radius 1 is 1.23 bits per heavy atom. The average molecular weight is 564 g/mol. The summed E-state index contributed by atoms with van der Waals surface area (Å²) in [6.45, 7) is -0.253. The van der Waals surface area contributed by atoms with E-state index in [-0.39, 0.29) is 35.8 Å². The van der Waals surface area contributed by atoms with Gasteiger partial charge in [-0.1, -0.05) is 0 Å². The molecule has 1 spiro atoms. The molecule has 1 heterocycles. The van der Waals surface area contributed by atoms with Gasteiger partial charge in [0, 0.05) is 15.7 Å². The zero-order chi connectivity index (χ0) is 22.4. The predicted octanol–water partition coefficient (Wildman–Crippen LogP) is 2.96. The van der Waals surface area contributed by atoms with Crippen molar-refractivity contribution in [2.24, 2.45) is 0 Å². The van der Waals surface area contributed by atoms with E-state index in [1.54, 1.807) is 12.1 Å². The molecule has 2 aromatic carbocycles. The Morgan fingerprint density at radius 2 is 1.97 bits per heavy atom. The van der Waals surface area contributed by atoms with Crippen molar-refractivity contribution in [1.82, 2.24) is 0 Å². The van der Waals surface area contributed by atoms with E-state index in [2.05, 4.69) is 10.0 Å². The van der Waals surface area contributed by atoms with Crippen LogP contribution < -0.4 is 19.5 Å². The maximum Gasteiger partial charge on any atom is 0.238 e. The van der Waals surface area contributed by atoms with Crippen molar-refractivity contribution in [3.8, 4) is 11.5 Å². The Morgan fingerprint density at radius 3 is 2.61 bits per heavy atom. The van der Waals surface area contributed by atoms with Crippen LogP contribution in [0.25, 0.3) is 0 Å². The highest BCUT2D eigenvalue weighted by Gasteiger charge is 2.56. The van der Waals surface area contributed by atoms with Crippen LogP contribution in [0.5, 0.6) is 11.5 Å². The van der Waals surface area contributed by atoms with Gasteiger partial charge in [0.15, 0.2) is 0 Å². The number of methoxy groups -OCH3 is 1. The molecular formula is C20H22FIN2O6S. The Balaban J connectivity index is 1.82. The standard InChI is InChI=1S/C20H22FIN2O6S/c1-29-12-7-15(23-14-3-2-11(22)6-13(14)21)19-18(8-12)30-10-17(26)16(25)9-20(4-5-20)31(27,28)24-19/h2-3,6-8,16-17,23-26H,4-5,9-10H2,1H3. The summed E-state index contributed by atoms with van der Waals surface area (Å²) < 4.78 is 53.9. The normalized spacial score (nSPS) is 23.8. The molecule has 168 valence electrons. The van der Waals surface area contributed by atoms with Crippen LogP contribution in [0.4, 0.5) is 21.5 Å². The van der Waals surface area contributed by atoms with Crippen molar-refractivity contribution in [2.75, 3.05) is 23.8 Å². The first-order valence-electron chi connectivity index (χ1n) is 9.59. The van der Waals surface area contributed by atoms with E-state index in [0.29, 0.717) is 22.2 Å². The Kier molecular flexibility index (Phi) is 5.96. The van der Waals surface area contributed by atoms with Gasteiger partial charge in [-0.05, 0) is 60.1 Å². The number of rotatable bonds is 3. The van der Waals surface area contributed by atoms with Crippen LogP contribution in [0.15, 0.2) is 30.3 Å². The summed E-state index contributed by atoms with van der Waals surface area (Å²) in [5, 5.41) is 23.4. The molecule has 1 aliphatic heterocycles. The predicted molar refractivity (Wildman–Crippen MR) is 122 cm³/mol. The van der Waals surface area contributed by atoms with Gasteiger partial charge in [0.1, 0.15) is 35.7 Å². The topological polar surface area (TPSA) is 117 Å². The highest BCUT2D eigenvalue weighted by atomic mass is 127. The van der Waals surface area contributed by atoms with Gasteiger partial charge in [0.25, 0.3) is 0 Å². The van der Waals surface area contributed by atoms with E-state index >= 15 is 0 Å². The number of fused-ring (bicyclic) bond motifs is 1. The van der Waals surface area contributed by atoms with Gasteiger partial charge in [-0.2, -0.15) is 0 Å². The van der Waals surface area contributed by atoms with Crippen LogP contribution >= 0.6 is 22.6 Å². The number of aliphatic hydroxyl groups excluding tert-OH is 2. The van der Waals surface area contributed by atoms with E-state index in [0.717, 1.165) is 0 Å². The molecule has 0 amide bonds. The quantitative estimate of drug-likeness (QED) is 0.424. The summed E-state index contributed by atoms with van der Waals surface area (Å²) >= 11 is 1.99. The number of halogens is 2. The van der Waals surface area contributed by atoms with Gasteiger partial charge in [0.2, 0.25) is 10.0 Å². The second-order valence-electron chi connectivity index (χ2n) is 7.74. The molecule has 2 unspecified atom stereocenters. The highest BCUT2D eigenvalue weighted by molar-refractivity contribution is 14.1. The molecule has 4 N–H and O–H groups in total. The summed E-state index contributed by atoms with van der Waals surface area (Å²) in [5.41, 5.74) is 0.446. The number of anilines is 3. The van der Waals surface area contributed by atoms with Crippen molar-refractivity contribution in [2.45, 2.75) is 36.2 Å². The Hall–Kier alpha value is -1.83. The first-order valence-corrected chi connectivity index (χ1v) is 12.2. The molecule has 2 aliphatic rings. The maximum atomic E-state index is 14.5. The molecule has 1 aliphatic carbocycles. The number of benzene rings is 2. The number of ether oxygens (including phenoxy) is 2. The molecule has 0 saturated heterocycles. The number of sulfonamides is 1. The number of nitrogens with one attached hydrogen (secondary N) is 2. The monoisotopic (exact) mass is 564 g/mol. The highest BCUT2D eigenvalue weighted by Crippen LogP contribution is 2.50. The molecule has 2 atom stereocenters. The lowest BCUT2D eigenvalue weighted by Crippen LogP contribution is -2.41. The van der Waals surface area contributed by atoms with Crippen LogP contribution in [-0.2, 0) is 10.0 Å². The number of aliphatic hydroxyl groups is 2. The van der Waals surface area contributed by atoms with Gasteiger partial charge in [-0.25, -0.2) is 12.8 Å². The Labute approximate surface area is 192 Å².